The van der Waals surface area contributed by atoms with Crippen LogP contribution in [0.25, 0.3) is 10.2 Å². The van der Waals surface area contributed by atoms with Crippen LogP contribution in [0.15, 0.2) is 11.4 Å². The Morgan fingerprint density at radius 2 is 2.24 bits per heavy atom. The average Bonchev–Trinajstić information content (AvgIpc) is 2.72. The van der Waals surface area contributed by atoms with Crippen LogP contribution < -0.4 is 11.1 Å². The van der Waals surface area contributed by atoms with Crippen molar-refractivity contribution in [3.8, 4) is 0 Å². The number of hydrogen-bond acceptors (Lipinski definition) is 6. The van der Waals surface area contributed by atoms with Crippen LogP contribution in [-0.4, -0.2) is 34.2 Å². The molecule has 1 atom stereocenters. The normalized spacial score (nSPS) is 12.6. The summed E-state index contributed by atoms with van der Waals surface area (Å²) in [5, 5.41) is 4.83. The number of fused-ring (bicyclic) bond motifs is 1. The molecule has 0 saturated heterocycles. The van der Waals surface area contributed by atoms with Crippen molar-refractivity contribution >= 4 is 39.2 Å². The molecular weight excluding hydrogens is 304 g/mol. The van der Waals surface area contributed by atoms with E-state index in [9.17, 15) is 4.79 Å². The Morgan fingerprint density at radius 1 is 1.48 bits per heavy atom. The van der Waals surface area contributed by atoms with E-state index in [1.165, 1.54) is 22.2 Å². The first kappa shape index (κ1) is 16.2. The molecule has 0 radical (unpaired) electrons. The summed E-state index contributed by atoms with van der Waals surface area (Å²) in [5.74, 6) is 0.372. The molecule has 0 spiro atoms. The number of thiophene rings is 1. The molecule has 0 aliphatic heterocycles. The average molecular weight is 324 g/mol. The lowest BCUT2D eigenvalue weighted by Gasteiger charge is -2.07. The first-order valence-corrected chi connectivity index (χ1v) is 8.65. The van der Waals surface area contributed by atoms with Crippen molar-refractivity contribution in [1.29, 1.82) is 0 Å². The molecule has 0 bridgehead atoms. The van der Waals surface area contributed by atoms with Gasteiger partial charge in [0.15, 0.2) is 0 Å². The molecule has 0 aromatic carbocycles. The van der Waals surface area contributed by atoms with Gasteiger partial charge in [-0.3, -0.25) is 4.79 Å². The molecule has 114 valence electrons. The Balaban J connectivity index is 1.99. The second-order valence-corrected chi connectivity index (χ2v) is 7.21. The lowest BCUT2D eigenvalue weighted by Crippen LogP contribution is -2.30. The minimum absolute atomic E-state index is 0.0111. The van der Waals surface area contributed by atoms with Gasteiger partial charge in [0.2, 0.25) is 5.91 Å². The molecule has 0 aliphatic carbocycles. The van der Waals surface area contributed by atoms with Crippen LogP contribution in [0, 0.1) is 13.8 Å². The maximum Gasteiger partial charge on any atom is 0.230 e. The summed E-state index contributed by atoms with van der Waals surface area (Å²) < 4.78 is 0. The predicted octanol–water partition coefficient (Wildman–Crippen LogP) is 2.25. The second-order valence-electron chi connectivity index (χ2n) is 5.05. The summed E-state index contributed by atoms with van der Waals surface area (Å²) in [4.78, 5) is 22.7. The minimum atomic E-state index is 0.0111. The molecule has 2 rings (SSSR count). The Kier molecular flexibility index (Phi) is 5.55. The van der Waals surface area contributed by atoms with Crippen molar-refractivity contribution < 1.29 is 4.79 Å². The maximum atomic E-state index is 11.8. The van der Waals surface area contributed by atoms with Gasteiger partial charge in [-0.15, -0.1) is 11.3 Å². The van der Waals surface area contributed by atoms with Gasteiger partial charge in [0, 0.05) is 22.8 Å². The number of carbonyl (C=O) groups excluding carboxylic acids is 1. The Bertz CT molecular complexity index is 639. The van der Waals surface area contributed by atoms with Crippen LogP contribution in [0.3, 0.4) is 0 Å². The van der Waals surface area contributed by atoms with Crippen molar-refractivity contribution in [2.75, 3.05) is 12.3 Å². The van der Waals surface area contributed by atoms with E-state index in [4.69, 9.17) is 5.73 Å². The van der Waals surface area contributed by atoms with Gasteiger partial charge in [-0.1, -0.05) is 11.8 Å². The van der Waals surface area contributed by atoms with Gasteiger partial charge >= 0.3 is 0 Å². The zero-order valence-corrected chi connectivity index (χ0v) is 14.1. The number of amides is 1. The van der Waals surface area contributed by atoms with Crippen molar-refractivity contribution in [3.63, 3.8) is 0 Å². The topological polar surface area (TPSA) is 80.9 Å². The molecule has 1 amide bonds. The molecule has 0 saturated carbocycles. The highest BCUT2D eigenvalue weighted by molar-refractivity contribution is 8.00. The Labute approximate surface area is 132 Å². The first-order chi connectivity index (χ1) is 9.99. The fraction of sp³-hybridized carbons (Fsp3) is 0.500. The van der Waals surface area contributed by atoms with Gasteiger partial charge in [0.05, 0.1) is 5.75 Å². The molecule has 0 aliphatic rings. The summed E-state index contributed by atoms with van der Waals surface area (Å²) in [6.07, 6.45) is 2.35. The fourth-order valence-corrected chi connectivity index (χ4v) is 3.83. The van der Waals surface area contributed by atoms with Gasteiger partial charge in [0.25, 0.3) is 0 Å². The van der Waals surface area contributed by atoms with Gasteiger partial charge in [0.1, 0.15) is 16.2 Å². The largest absolute Gasteiger partial charge is 0.355 e. The van der Waals surface area contributed by atoms with Crippen molar-refractivity contribution in [2.24, 2.45) is 5.73 Å². The maximum absolute atomic E-state index is 11.8. The quantitative estimate of drug-likeness (QED) is 0.629. The Hall–Kier alpha value is -1.18. The van der Waals surface area contributed by atoms with E-state index in [0.29, 0.717) is 12.3 Å². The summed E-state index contributed by atoms with van der Waals surface area (Å²) in [6.45, 7) is 6.70. The van der Waals surface area contributed by atoms with E-state index < -0.39 is 0 Å². The predicted molar refractivity (Wildman–Crippen MR) is 88.9 cm³/mol. The van der Waals surface area contributed by atoms with Crippen molar-refractivity contribution in [2.45, 2.75) is 38.3 Å². The van der Waals surface area contributed by atoms with Gasteiger partial charge < -0.3 is 11.1 Å². The lowest BCUT2D eigenvalue weighted by atomic mass is 10.2. The summed E-state index contributed by atoms with van der Waals surface area (Å²) in [6, 6.07) is 0.107. The number of carbonyl (C=O) groups is 1. The van der Waals surface area contributed by atoms with E-state index in [1.54, 1.807) is 17.7 Å². The third-order valence-electron chi connectivity index (χ3n) is 3.19. The number of thioether (sulfide) groups is 1. The van der Waals surface area contributed by atoms with Crippen LogP contribution in [-0.2, 0) is 4.79 Å². The van der Waals surface area contributed by atoms with E-state index in [0.717, 1.165) is 21.7 Å². The monoisotopic (exact) mass is 324 g/mol. The number of hydrogen-bond donors (Lipinski definition) is 2. The highest BCUT2D eigenvalue weighted by atomic mass is 32.2. The van der Waals surface area contributed by atoms with Crippen LogP contribution in [0.1, 0.15) is 23.8 Å². The van der Waals surface area contributed by atoms with Gasteiger partial charge in [-0.25, -0.2) is 9.97 Å². The molecule has 2 aromatic heterocycles. The highest BCUT2D eigenvalue weighted by Crippen LogP contribution is 2.34. The summed E-state index contributed by atoms with van der Waals surface area (Å²) in [7, 11) is 0. The van der Waals surface area contributed by atoms with Crippen LogP contribution >= 0.6 is 23.1 Å². The third kappa shape index (κ3) is 4.15. The molecule has 3 N–H and O–H groups in total. The first-order valence-electron chi connectivity index (χ1n) is 6.84. The van der Waals surface area contributed by atoms with Crippen molar-refractivity contribution in [1.82, 2.24) is 15.3 Å². The minimum Gasteiger partial charge on any atom is -0.355 e. The SMILES string of the molecule is Cc1sc2ncnc(SCC(=O)NCCC(C)N)c2c1C. The lowest BCUT2D eigenvalue weighted by molar-refractivity contribution is -0.118. The smallest absolute Gasteiger partial charge is 0.230 e. The molecule has 7 heteroatoms. The Morgan fingerprint density at radius 3 is 2.95 bits per heavy atom. The fourth-order valence-electron chi connectivity index (χ4n) is 1.88. The van der Waals surface area contributed by atoms with Gasteiger partial charge in [-0.05, 0) is 32.8 Å². The molecule has 0 fully saturated rings. The van der Waals surface area contributed by atoms with Crippen LogP contribution in [0.4, 0.5) is 0 Å². The molecule has 5 nitrogen and oxygen atoms in total. The number of aryl methyl sites for hydroxylation is 2. The second kappa shape index (κ2) is 7.20. The molecule has 21 heavy (non-hydrogen) atoms. The summed E-state index contributed by atoms with van der Waals surface area (Å²) >= 11 is 3.12. The number of aromatic nitrogens is 2. The standard InChI is InChI=1S/C14H20N4OS2/c1-8(15)4-5-16-11(19)6-20-13-12-9(2)10(3)21-14(12)18-7-17-13/h7-8H,4-6,15H2,1-3H3,(H,16,19). The number of rotatable bonds is 6. The van der Waals surface area contributed by atoms with E-state index >= 15 is 0 Å². The van der Waals surface area contributed by atoms with E-state index in [2.05, 4.69) is 29.1 Å². The zero-order chi connectivity index (χ0) is 15.4. The van der Waals surface area contributed by atoms with Gasteiger partial charge in [-0.2, -0.15) is 0 Å². The molecule has 2 heterocycles. The number of nitrogens with zero attached hydrogens (tertiary/aromatic N) is 2. The molecular formula is C14H20N4OS2. The van der Waals surface area contributed by atoms with Crippen LogP contribution in [0.2, 0.25) is 0 Å². The summed E-state index contributed by atoms with van der Waals surface area (Å²) in [5.41, 5.74) is 6.86. The molecule has 2 aromatic rings. The van der Waals surface area contributed by atoms with Crippen LogP contribution in [0.5, 0.6) is 0 Å². The molecule has 1 unspecified atom stereocenters. The zero-order valence-electron chi connectivity index (χ0n) is 12.5. The number of nitrogens with one attached hydrogen (secondary N) is 1. The number of nitrogens with two attached hydrogens (primary N) is 1. The van der Waals surface area contributed by atoms with E-state index in [1.807, 2.05) is 6.92 Å². The van der Waals surface area contributed by atoms with E-state index in [-0.39, 0.29) is 11.9 Å². The highest BCUT2D eigenvalue weighted by Gasteiger charge is 2.13. The van der Waals surface area contributed by atoms with Crippen molar-refractivity contribution in [3.05, 3.63) is 16.8 Å². The third-order valence-corrected chi connectivity index (χ3v) is 5.30.